The molecule has 4 atom stereocenters. The fourth-order valence-corrected chi connectivity index (χ4v) is 3.86. The number of fused-ring (bicyclic) bond motifs is 2. The smallest absolute Gasteiger partial charge is 0.157 e. The number of sulfone groups is 1. The van der Waals surface area contributed by atoms with Gasteiger partial charge in [-0.15, -0.1) is 0 Å². The SMILES string of the molecule is CC(C(=O)CC1CC2CCC1C2)S(C)(=O)=O. The Labute approximate surface area is 97.5 Å². The number of carbonyl (C=O) groups is 1. The zero-order chi connectivity index (χ0) is 11.9. The van der Waals surface area contributed by atoms with Crippen LogP contribution >= 0.6 is 0 Å². The van der Waals surface area contributed by atoms with E-state index in [4.69, 9.17) is 0 Å². The van der Waals surface area contributed by atoms with Crippen LogP contribution in [0.15, 0.2) is 0 Å². The third-order valence-corrected chi connectivity index (χ3v) is 5.99. The first-order valence-electron chi connectivity index (χ1n) is 6.09. The van der Waals surface area contributed by atoms with Gasteiger partial charge in [0.05, 0.1) is 0 Å². The summed E-state index contributed by atoms with van der Waals surface area (Å²) in [4.78, 5) is 11.8. The van der Waals surface area contributed by atoms with E-state index in [0.717, 1.165) is 18.6 Å². The fourth-order valence-electron chi connectivity index (χ4n) is 3.29. The normalized spacial score (nSPS) is 35.2. The van der Waals surface area contributed by atoms with Gasteiger partial charge in [-0.2, -0.15) is 0 Å². The van der Waals surface area contributed by atoms with Crippen LogP contribution in [0.3, 0.4) is 0 Å². The molecule has 0 aromatic heterocycles. The summed E-state index contributed by atoms with van der Waals surface area (Å²) in [5.74, 6) is 1.90. The van der Waals surface area contributed by atoms with Gasteiger partial charge < -0.3 is 0 Å². The molecule has 2 saturated carbocycles. The van der Waals surface area contributed by atoms with Crippen molar-refractivity contribution in [2.24, 2.45) is 17.8 Å². The van der Waals surface area contributed by atoms with Crippen molar-refractivity contribution in [3.63, 3.8) is 0 Å². The summed E-state index contributed by atoms with van der Waals surface area (Å²) in [5, 5.41) is -0.813. The second-order valence-corrected chi connectivity index (χ2v) is 7.94. The van der Waals surface area contributed by atoms with Crippen molar-refractivity contribution in [2.75, 3.05) is 6.26 Å². The minimum atomic E-state index is -3.21. The molecule has 2 rings (SSSR count). The highest BCUT2D eigenvalue weighted by Gasteiger charge is 2.41. The summed E-state index contributed by atoms with van der Waals surface area (Å²) in [5.41, 5.74) is 0. The Morgan fingerprint density at radius 1 is 1.31 bits per heavy atom. The highest BCUT2D eigenvalue weighted by molar-refractivity contribution is 7.92. The molecule has 0 heterocycles. The molecule has 0 saturated heterocycles. The summed E-state index contributed by atoms with van der Waals surface area (Å²) in [6, 6.07) is 0. The van der Waals surface area contributed by atoms with Gasteiger partial charge in [-0.3, -0.25) is 4.79 Å². The fraction of sp³-hybridized carbons (Fsp3) is 0.917. The summed E-state index contributed by atoms with van der Waals surface area (Å²) >= 11 is 0. The van der Waals surface area contributed by atoms with Gasteiger partial charge in [0.25, 0.3) is 0 Å². The van der Waals surface area contributed by atoms with E-state index in [-0.39, 0.29) is 5.78 Å². The van der Waals surface area contributed by atoms with Crippen LogP contribution in [0.1, 0.15) is 39.0 Å². The maximum Gasteiger partial charge on any atom is 0.157 e. The monoisotopic (exact) mass is 244 g/mol. The Morgan fingerprint density at radius 2 is 2.00 bits per heavy atom. The molecule has 0 aliphatic heterocycles. The third-order valence-electron chi connectivity index (χ3n) is 4.44. The summed E-state index contributed by atoms with van der Waals surface area (Å²) < 4.78 is 22.6. The summed E-state index contributed by atoms with van der Waals surface area (Å²) in [6.45, 7) is 1.52. The lowest BCUT2D eigenvalue weighted by molar-refractivity contribution is -0.119. The molecule has 92 valence electrons. The molecule has 2 aliphatic rings. The number of ketones is 1. The molecule has 2 fully saturated rings. The lowest BCUT2D eigenvalue weighted by atomic mass is 9.85. The molecular weight excluding hydrogens is 224 g/mol. The number of hydrogen-bond acceptors (Lipinski definition) is 3. The van der Waals surface area contributed by atoms with E-state index < -0.39 is 15.1 Å². The van der Waals surface area contributed by atoms with Gasteiger partial charge in [-0.1, -0.05) is 6.42 Å². The molecule has 0 aromatic rings. The van der Waals surface area contributed by atoms with Crippen molar-refractivity contribution in [3.05, 3.63) is 0 Å². The Morgan fingerprint density at radius 3 is 2.44 bits per heavy atom. The Hall–Kier alpha value is -0.380. The Balaban J connectivity index is 1.93. The largest absolute Gasteiger partial charge is 0.298 e. The van der Waals surface area contributed by atoms with Crippen LogP contribution in [0.4, 0.5) is 0 Å². The first-order valence-corrected chi connectivity index (χ1v) is 8.05. The van der Waals surface area contributed by atoms with Crippen molar-refractivity contribution < 1.29 is 13.2 Å². The Kier molecular flexibility index (Phi) is 3.12. The van der Waals surface area contributed by atoms with Crippen LogP contribution in [-0.4, -0.2) is 25.7 Å². The van der Waals surface area contributed by atoms with E-state index >= 15 is 0 Å². The summed E-state index contributed by atoms with van der Waals surface area (Å²) in [6.07, 6.45) is 6.61. The average molecular weight is 244 g/mol. The molecule has 4 unspecified atom stereocenters. The van der Waals surface area contributed by atoms with E-state index in [1.54, 1.807) is 0 Å². The van der Waals surface area contributed by atoms with E-state index in [0.29, 0.717) is 18.3 Å². The van der Waals surface area contributed by atoms with Crippen LogP contribution in [0.5, 0.6) is 0 Å². The predicted molar refractivity (Wildman–Crippen MR) is 62.9 cm³/mol. The minimum absolute atomic E-state index is 0.0833. The lowest BCUT2D eigenvalue weighted by Gasteiger charge is -2.21. The quantitative estimate of drug-likeness (QED) is 0.758. The van der Waals surface area contributed by atoms with Gasteiger partial charge in [0.1, 0.15) is 5.25 Å². The summed E-state index contributed by atoms with van der Waals surface area (Å²) in [7, 11) is -3.21. The van der Waals surface area contributed by atoms with Crippen molar-refractivity contribution >= 4 is 15.6 Å². The molecule has 2 aliphatic carbocycles. The lowest BCUT2D eigenvalue weighted by Crippen LogP contribution is -2.29. The average Bonchev–Trinajstić information content (AvgIpc) is 2.76. The highest BCUT2D eigenvalue weighted by Crippen LogP contribution is 2.49. The van der Waals surface area contributed by atoms with Crippen molar-refractivity contribution in [2.45, 2.75) is 44.3 Å². The van der Waals surface area contributed by atoms with Crippen LogP contribution < -0.4 is 0 Å². The molecule has 2 bridgehead atoms. The van der Waals surface area contributed by atoms with Gasteiger partial charge in [0, 0.05) is 12.7 Å². The maximum absolute atomic E-state index is 11.8. The van der Waals surface area contributed by atoms with Gasteiger partial charge in [-0.25, -0.2) is 8.42 Å². The molecule has 16 heavy (non-hydrogen) atoms. The number of Topliss-reactive ketones (excluding diaryl/α,β-unsaturated/α-hetero) is 1. The molecule has 0 N–H and O–H groups in total. The van der Waals surface area contributed by atoms with Gasteiger partial charge >= 0.3 is 0 Å². The van der Waals surface area contributed by atoms with Gasteiger partial charge in [-0.05, 0) is 43.9 Å². The van der Waals surface area contributed by atoms with E-state index in [1.165, 1.54) is 26.2 Å². The second-order valence-electron chi connectivity index (χ2n) is 5.58. The standard InChI is InChI=1S/C12H20O3S/c1-8(16(2,14)15)12(13)7-11-6-9-3-4-10(11)5-9/h8-11H,3-7H2,1-2H3. The topological polar surface area (TPSA) is 51.2 Å². The zero-order valence-electron chi connectivity index (χ0n) is 9.98. The minimum Gasteiger partial charge on any atom is -0.298 e. The van der Waals surface area contributed by atoms with E-state index in [2.05, 4.69) is 0 Å². The Bertz CT molecular complexity index is 385. The van der Waals surface area contributed by atoms with Crippen LogP contribution in [0, 0.1) is 17.8 Å². The second kappa shape index (κ2) is 4.13. The number of hydrogen-bond donors (Lipinski definition) is 0. The predicted octanol–water partition coefficient (Wildman–Crippen LogP) is 1.81. The van der Waals surface area contributed by atoms with Crippen molar-refractivity contribution in [3.8, 4) is 0 Å². The molecule has 0 radical (unpaired) electrons. The van der Waals surface area contributed by atoms with Crippen molar-refractivity contribution in [1.29, 1.82) is 0 Å². The third kappa shape index (κ3) is 2.31. The molecule has 0 amide bonds. The zero-order valence-corrected chi connectivity index (χ0v) is 10.8. The van der Waals surface area contributed by atoms with E-state index in [1.807, 2.05) is 0 Å². The van der Waals surface area contributed by atoms with E-state index in [9.17, 15) is 13.2 Å². The van der Waals surface area contributed by atoms with Crippen molar-refractivity contribution in [1.82, 2.24) is 0 Å². The van der Waals surface area contributed by atoms with Gasteiger partial charge in [0.2, 0.25) is 0 Å². The molecule has 4 heteroatoms. The van der Waals surface area contributed by atoms with Crippen LogP contribution in [-0.2, 0) is 14.6 Å². The maximum atomic E-state index is 11.8. The first kappa shape index (κ1) is 12.1. The first-order chi connectivity index (χ1) is 7.38. The molecule has 0 aromatic carbocycles. The van der Waals surface area contributed by atoms with Gasteiger partial charge in [0.15, 0.2) is 15.6 Å². The molecule has 0 spiro atoms. The molecule has 3 nitrogen and oxygen atoms in total. The highest BCUT2D eigenvalue weighted by atomic mass is 32.2. The number of carbonyl (C=O) groups excluding carboxylic acids is 1. The number of rotatable bonds is 4. The van der Waals surface area contributed by atoms with Crippen LogP contribution in [0.2, 0.25) is 0 Å². The molecular formula is C12H20O3S. The van der Waals surface area contributed by atoms with Crippen LogP contribution in [0.25, 0.3) is 0 Å².